The molecule has 2 aromatic rings. The Morgan fingerprint density at radius 1 is 1.22 bits per heavy atom. The molecule has 2 N–H and O–H groups in total. The molecule has 0 spiro atoms. The standard InChI is InChI=1S/C8H6N2.C5H9NO2/c1-2-4-8-7(3-1)9-5-6-10-8;7-5(8)4-2-1-3-6-4/h1-6H;4,6H,1-3H2,(H,7,8). The summed E-state index contributed by atoms with van der Waals surface area (Å²) in [6.45, 7) is 0.858. The molecule has 1 aromatic carbocycles. The largest absolute Gasteiger partial charge is 0.480 e. The molecule has 1 aromatic heterocycles. The quantitative estimate of drug-likeness (QED) is 0.795. The van der Waals surface area contributed by atoms with Gasteiger partial charge in [-0.25, -0.2) is 0 Å². The summed E-state index contributed by atoms with van der Waals surface area (Å²) >= 11 is 0. The van der Waals surface area contributed by atoms with Crippen molar-refractivity contribution in [3.63, 3.8) is 0 Å². The molecule has 5 nitrogen and oxygen atoms in total. The van der Waals surface area contributed by atoms with Crippen LogP contribution in [-0.4, -0.2) is 33.6 Å². The van der Waals surface area contributed by atoms with E-state index in [4.69, 9.17) is 5.11 Å². The summed E-state index contributed by atoms with van der Waals surface area (Å²) in [5.41, 5.74) is 1.90. The van der Waals surface area contributed by atoms with Gasteiger partial charge in [0.25, 0.3) is 0 Å². The molecular formula is C13H15N3O2. The van der Waals surface area contributed by atoms with Crippen LogP contribution in [0.15, 0.2) is 36.7 Å². The molecule has 0 saturated carbocycles. The van der Waals surface area contributed by atoms with Gasteiger partial charge in [0.05, 0.1) is 11.0 Å². The SMILES string of the molecule is O=C(O)C1CCCN1.c1ccc2nccnc2c1. The number of nitrogens with one attached hydrogen (secondary N) is 1. The monoisotopic (exact) mass is 245 g/mol. The maximum atomic E-state index is 10.1. The van der Waals surface area contributed by atoms with Crippen LogP contribution in [0.3, 0.4) is 0 Å². The number of benzene rings is 1. The normalized spacial score (nSPS) is 18.1. The average molecular weight is 245 g/mol. The zero-order valence-electron chi connectivity index (χ0n) is 9.91. The fourth-order valence-corrected chi connectivity index (χ4v) is 1.81. The summed E-state index contributed by atoms with van der Waals surface area (Å²) in [4.78, 5) is 18.4. The van der Waals surface area contributed by atoms with Crippen molar-refractivity contribution >= 4 is 17.0 Å². The lowest BCUT2D eigenvalue weighted by molar-refractivity contribution is -0.139. The minimum absolute atomic E-state index is 0.269. The van der Waals surface area contributed by atoms with Crippen molar-refractivity contribution in [3.8, 4) is 0 Å². The highest BCUT2D eigenvalue weighted by Crippen LogP contribution is 2.04. The Bertz CT molecular complexity index is 459. The molecular weight excluding hydrogens is 230 g/mol. The number of para-hydroxylation sites is 2. The van der Waals surface area contributed by atoms with Gasteiger partial charge in [-0.2, -0.15) is 0 Å². The Labute approximate surface area is 105 Å². The van der Waals surface area contributed by atoms with Crippen LogP contribution in [0.5, 0.6) is 0 Å². The third-order valence-corrected chi connectivity index (χ3v) is 2.73. The molecule has 1 saturated heterocycles. The number of nitrogens with zero attached hydrogens (tertiary/aromatic N) is 2. The molecule has 18 heavy (non-hydrogen) atoms. The number of rotatable bonds is 1. The van der Waals surface area contributed by atoms with Crippen LogP contribution in [-0.2, 0) is 4.79 Å². The van der Waals surface area contributed by atoms with Crippen LogP contribution >= 0.6 is 0 Å². The molecule has 0 radical (unpaired) electrons. The van der Waals surface area contributed by atoms with E-state index in [0.29, 0.717) is 0 Å². The minimum Gasteiger partial charge on any atom is -0.480 e. The molecule has 2 heterocycles. The van der Waals surface area contributed by atoms with Crippen LogP contribution in [0.1, 0.15) is 12.8 Å². The number of carboxylic acids is 1. The molecule has 1 aliphatic heterocycles. The zero-order chi connectivity index (χ0) is 12.8. The van der Waals surface area contributed by atoms with Gasteiger partial charge >= 0.3 is 5.97 Å². The topological polar surface area (TPSA) is 75.1 Å². The summed E-state index contributed by atoms with van der Waals surface area (Å²) in [6.07, 6.45) is 5.18. The summed E-state index contributed by atoms with van der Waals surface area (Å²) in [5.74, 6) is -0.720. The summed E-state index contributed by atoms with van der Waals surface area (Å²) in [6, 6.07) is 7.54. The van der Waals surface area contributed by atoms with E-state index in [0.717, 1.165) is 30.4 Å². The predicted octanol–water partition coefficient (Wildman–Crippen LogP) is 1.45. The van der Waals surface area contributed by atoms with Gasteiger partial charge in [0.2, 0.25) is 0 Å². The van der Waals surface area contributed by atoms with Gasteiger partial charge in [-0.05, 0) is 31.5 Å². The molecule has 3 rings (SSSR count). The number of fused-ring (bicyclic) bond motifs is 1. The molecule has 1 aliphatic rings. The third-order valence-electron chi connectivity index (χ3n) is 2.73. The number of carboxylic acid groups (broad SMARTS) is 1. The first-order valence-corrected chi connectivity index (χ1v) is 5.89. The maximum absolute atomic E-state index is 10.1. The lowest BCUT2D eigenvalue weighted by atomic mass is 10.2. The summed E-state index contributed by atoms with van der Waals surface area (Å²) in [7, 11) is 0. The van der Waals surface area contributed by atoms with Crippen molar-refractivity contribution in [1.29, 1.82) is 0 Å². The van der Waals surface area contributed by atoms with E-state index >= 15 is 0 Å². The Kier molecular flexibility index (Phi) is 4.20. The van der Waals surface area contributed by atoms with Crippen molar-refractivity contribution in [2.24, 2.45) is 0 Å². The van der Waals surface area contributed by atoms with Gasteiger partial charge in [0.15, 0.2) is 0 Å². The summed E-state index contributed by atoms with van der Waals surface area (Å²) < 4.78 is 0. The van der Waals surface area contributed by atoms with Gasteiger partial charge in [-0.3, -0.25) is 14.8 Å². The first-order chi connectivity index (χ1) is 8.77. The van der Waals surface area contributed by atoms with E-state index < -0.39 is 5.97 Å². The van der Waals surface area contributed by atoms with Crippen molar-refractivity contribution in [2.45, 2.75) is 18.9 Å². The van der Waals surface area contributed by atoms with E-state index in [9.17, 15) is 4.79 Å². The molecule has 1 fully saturated rings. The number of hydrogen-bond acceptors (Lipinski definition) is 4. The van der Waals surface area contributed by atoms with Crippen LogP contribution in [0.2, 0.25) is 0 Å². The molecule has 0 bridgehead atoms. The second-order valence-electron chi connectivity index (χ2n) is 4.03. The number of carbonyl (C=O) groups is 1. The second kappa shape index (κ2) is 6.07. The Morgan fingerprint density at radius 3 is 2.22 bits per heavy atom. The maximum Gasteiger partial charge on any atom is 0.320 e. The molecule has 0 aliphatic carbocycles. The van der Waals surface area contributed by atoms with Crippen LogP contribution in [0.4, 0.5) is 0 Å². The highest BCUT2D eigenvalue weighted by Gasteiger charge is 2.20. The lowest BCUT2D eigenvalue weighted by Crippen LogP contribution is -2.29. The van der Waals surface area contributed by atoms with Crippen LogP contribution in [0.25, 0.3) is 11.0 Å². The number of aromatic nitrogens is 2. The highest BCUT2D eigenvalue weighted by molar-refractivity contribution is 5.73. The first kappa shape index (κ1) is 12.4. The van der Waals surface area contributed by atoms with Gasteiger partial charge in [-0.1, -0.05) is 12.1 Å². The van der Waals surface area contributed by atoms with Gasteiger partial charge in [-0.15, -0.1) is 0 Å². The van der Waals surface area contributed by atoms with Crippen molar-refractivity contribution in [1.82, 2.24) is 15.3 Å². The van der Waals surface area contributed by atoms with Gasteiger partial charge in [0.1, 0.15) is 6.04 Å². The fourth-order valence-electron chi connectivity index (χ4n) is 1.81. The second-order valence-corrected chi connectivity index (χ2v) is 4.03. The van der Waals surface area contributed by atoms with E-state index in [2.05, 4.69) is 15.3 Å². The van der Waals surface area contributed by atoms with Gasteiger partial charge < -0.3 is 10.4 Å². The first-order valence-electron chi connectivity index (χ1n) is 5.89. The van der Waals surface area contributed by atoms with E-state index in [1.54, 1.807) is 12.4 Å². The average Bonchev–Trinajstić information content (AvgIpc) is 2.94. The lowest BCUT2D eigenvalue weighted by Gasteiger charge is -1.99. The molecule has 5 heteroatoms. The Hall–Kier alpha value is -2.01. The van der Waals surface area contributed by atoms with E-state index in [1.807, 2.05) is 24.3 Å². The molecule has 0 amide bonds. The van der Waals surface area contributed by atoms with Crippen LogP contribution in [0, 0.1) is 0 Å². The van der Waals surface area contributed by atoms with Crippen molar-refractivity contribution < 1.29 is 9.90 Å². The highest BCUT2D eigenvalue weighted by atomic mass is 16.4. The predicted molar refractivity (Wildman–Crippen MR) is 68.2 cm³/mol. The van der Waals surface area contributed by atoms with Crippen LogP contribution < -0.4 is 5.32 Å². The minimum atomic E-state index is -0.720. The third kappa shape index (κ3) is 3.24. The van der Waals surface area contributed by atoms with Crippen molar-refractivity contribution in [3.05, 3.63) is 36.7 Å². The van der Waals surface area contributed by atoms with Crippen molar-refractivity contribution in [2.75, 3.05) is 6.54 Å². The number of hydrogen-bond donors (Lipinski definition) is 2. The smallest absolute Gasteiger partial charge is 0.320 e. The molecule has 1 atom stereocenters. The molecule has 1 unspecified atom stereocenters. The number of aliphatic carboxylic acids is 1. The Balaban J connectivity index is 0.000000138. The zero-order valence-corrected chi connectivity index (χ0v) is 9.91. The van der Waals surface area contributed by atoms with Gasteiger partial charge in [0, 0.05) is 12.4 Å². The Morgan fingerprint density at radius 2 is 1.83 bits per heavy atom. The molecule has 94 valence electrons. The fraction of sp³-hybridized carbons (Fsp3) is 0.308. The summed E-state index contributed by atoms with van der Waals surface area (Å²) in [5, 5.41) is 11.2. The van der Waals surface area contributed by atoms with E-state index in [-0.39, 0.29) is 6.04 Å². The van der Waals surface area contributed by atoms with E-state index in [1.165, 1.54) is 0 Å².